The van der Waals surface area contributed by atoms with Gasteiger partial charge in [-0.15, -0.1) is 0 Å². The molecule has 0 spiro atoms. The quantitative estimate of drug-likeness (QED) is 0.849. The van der Waals surface area contributed by atoms with Crippen molar-refractivity contribution in [3.8, 4) is 0 Å². The molecule has 26 heavy (non-hydrogen) atoms. The van der Waals surface area contributed by atoms with E-state index >= 15 is 0 Å². The van der Waals surface area contributed by atoms with Gasteiger partial charge < -0.3 is 10.2 Å². The number of nitrogens with one attached hydrogen (secondary N) is 1. The minimum atomic E-state index is -3.06. The van der Waals surface area contributed by atoms with Gasteiger partial charge in [0.25, 0.3) is 11.8 Å². The van der Waals surface area contributed by atoms with Crippen molar-refractivity contribution >= 4 is 21.7 Å². The van der Waals surface area contributed by atoms with E-state index in [0.29, 0.717) is 24.1 Å². The van der Waals surface area contributed by atoms with E-state index in [1.807, 2.05) is 6.92 Å². The lowest BCUT2D eigenvalue weighted by molar-refractivity contribution is 0.0708. The third-order valence-electron chi connectivity index (χ3n) is 5.31. The van der Waals surface area contributed by atoms with Crippen LogP contribution in [-0.4, -0.2) is 55.3 Å². The maximum absolute atomic E-state index is 12.9. The predicted molar refractivity (Wildman–Crippen MR) is 99.9 cm³/mol. The van der Waals surface area contributed by atoms with Crippen LogP contribution in [0.1, 0.15) is 59.7 Å². The lowest BCUT2D eigenvalue weighted by Crippen LogP contribution is -2.41. The second-order valence-corrected chi connectivity index (χ2v) is 9.41. The van der Waals surface area contributed by atoms with Crippen LogP contribution in [0.2, 0.25) is 0 Å². The lowest BCUT2D eigenvalue weighted by Gasteiger charge is -2.27. The van der Waals surface area contributed by atoms with Gasteiger partial charge in [0.05, 0.1) is 11.5 Å². The monoisotopic (exact) mass is 378 g/mol. The zero-order chi connectivity index (χ0) is 18.7. The fraction of sp³-hybridized carbons (Fsp3) is 0.579. The minimum absolute atomic E-state index is 0.0223. The van der Waals surface area contributed by atoms with Gasteiger partial charge in [-0.2, -0.15) is 0 Å². The molecule has 1 aliphatic heterocycles. The van der Waals surface area contributed by atoms with Gasteiger partial charge in [0.2, 0.25) is 0 Å². The minimum Gasteiger partial charge on any atom is -0.349 e. The fourth-order valence-electron chi connectivity index (χ4n) is 3.89. The summed E-state index contributed by atoms with van der Waals surface area (Å²) < 4.78 is 23.5. The van der Waals surface area contributed by atoms with Crippen LogP contribution < -0.4 is 5.32 Å². The molecule has 2 fully saturated rings. The van der Waals surface area contributed by atoms with Crippen molar-refractivity contribution in [2.75, 3.05) is 18.1 Å². The van der Waals surface area contributed by atoms with Crippen LogP contribution in [0.4, 0.5) is 0 Å². The smallest absolute Gasteiger partial charge is 0.254 e. The molecule has 1 saturated heterocycles. The second kappa shape index (κ2) is 7.78. The predicted octanol–water partition coefficient (Wildman–Crippen LogP) is 2.01. The number of rotatable bonds is 5. The molecule has 2 amide bonds. The summed E-state index contributed by atoms with van der Waals surface area (Å²) in [6.45, 7) is 2.29. The summed E-state index contributed by atoms with van der Waals surface area (Å²) >= 11 is 0. The molecule has 1 unspecified atom stereocenters. The number of hydrogen-bond donors (Lipinski definition) is 1. The highest BCUT2D eigenvalue weighted by atomic mass is 32.2. The van der Waals surface area contributed by atoms with E-state index in [1.54, 1.807) is 29.2 Å². The first kappa shape index (κ1) is 18.9. The first-order valence-corrected chi connectivity index (χ1v) is 11.1. The molecule has 0 radical (unpaired) electrons. The molecule has 1 atom stereocenters. The van der Waals surface area contributed by atoms with E-state index in [0.717, 1.165) is 25.7 Å². The van der Waals surface area contributed by atoms with Crippen LogP contribution in [0.15, 0.2) is 24.3 Å². The highest BCUT2D eigenvalue weighted by molar-refractivity contribution is 7.91. The molecule has 1 N–H and O–H groups in total. The van der Waals surface area contributed by atoms with Crippen molar-refractivity contribution in [3.05, 3.63) is 35.4 Å². The van der Waals surface area contributed by atoms with Crippen molar-refractivity contribution < 1.29 is 18.0 Å². The molecule has 3 rings (SSSR count). The van der Waals surface area contributed by atoms with E-state index < -0.39 is 9.84 Å². The van der Waals surface area contributed by atoms with Crippen LogP contribution in [0.3, 0.4) is 0 Å². The fourth-order valence-corrected chi connectivity index (χ4v) is 5.62. The molecule has 1 aromatic rings. The molecule has 0 aromatic heterocycles. The van der Waals surface area contributed by atoms with Crippen molar-refractivity contribution in [2.45, 2.75) is 51.1 Å². The number of nitrogens with zero attached hydrogens (tertiary/aromatic N) is 1. The Morgan fingerprint density at radius 1 is 1.15 bits per heavy atom. The molecule has 7 heteroatoms. The molecule has 6 nitrogen and oxygen atoms in total. The number of carbonyl (C=O) groups excluding carboxylic acids is 2. The summed E-state index contributed by atoms with van der Waals surface area (Å²) in [4.78, 5) is 26.9. The maximum Gasteiger partial charge on any atom is 0.254 e. The van der Waals surface area contributed by atoms with Gasteiger partial charge in [0.15, 0.2) is 9.84 Å². The Morgan fingerprint density at radius 3 is 2.46 bits per heavy atom. The van der Waals surface area contributed by atoms with E-state index in [2.05, 4.69) is 5.32 Å². The zero-order valence-corrected chi connectivity index (χ0v) is 15.9. The van der Waals surface area contributed by atoms with Crippen LogP contribution in [0.25, 0.3) is 0 Å². The number of amides is 2. The molecule has 2 aliphatic rings. The van der Waals surface area contributed by atoms with Crippen LogP contribution in [0.5, 0.6) is 0 Å². The van der Waals surface area contributed by atoms with Crippen LogP contribution >= 0.6 is 0 Å². The lowest BCUT2D eigenvalue weighted by atomic mass is 10.1. The topological polar surface area (TPSA) is 83.6 Å². The molecular formula is C19H26N2O4S. The largest absolute Gasteiger partial charge is 0.349 e. The zero-order valence-electron chi connectivity index (χ0n) is 15.1. The van der Waals surface area contributed by atoms with E-state index in [4.69, 9.17) is 0 Å². The van der Waals surface area contributed by atoms with Crippen molar-refractivity contribution in [3.63, 3.8) is 0 Å². The Labute approximate surface area is 154 Å². The maximum atomic E-state index is 12.9. The molecule has 1 saturated carbocycles. The summed E-state index contributed by atoms with van der Waals surface area (Å²) in [6.07, 6.45) is 4.76. The average molecular weight is 378 g/mol. The summed E-state index contributed by atoms with van der Waals surface area (Å²) in [5, 5.41) is 3.03. The molecular weight excluding hydrogens is 352 g/mol. The van der Waals surface area contributed by atoms with Gasteiger partial charge in [-0.1, -0.05) is 18.9 Å². The summed E-state index contributed by atoms with van der Waals surface area (Å²) in [7, 11) is -3.06. The molecule has 1 aromatic carbocycles. The first-order chi connectivity index (χ1) is 12.4. The van der Waals surface area contributed by atoms with Crippen LogP contribution in [0, 0.1) is 0 Å². The number of hydrogen-bond acceptors (Lipinski definition) is 4. The number of benzene rings is 1. The Morgan fingerprint density at radius 2 is 1.85 bits per heavy atom. The van der Waals surface area contributed by atoms with Crippen molar-refractivity contribution in [2.24, 2.45) is 0 Å². The second-order valence-electron chi connectivity index (χ2n) is 7.18. The number of sulfone groups is 1. The van der Waals surface area contributed by atoms with Gasteiger partial charge in [0, 0.05) is 29.8 Å². The normalized spacial score (nSPS) is 22.3. The van der Waals surface area contributed by atoms with Gasteiger partial charge in [-0.05, 0) is 44.4 Å². The van der Waals surface area contributed by atoms with Gasteiger partial charge in [-0.3, -0.25) is 9.59 Å². The van der Waals surface area contributed by atoms with E-state index in [9.17, 15) is 18.0 Å². The van der Waals surface area contributed by atoms with E-state index in [-0.39, 0.29) is 35.4 Å². The number of carbonyl (C=O) groups is 2. The summed E-state index contributed by atoms with van der Waals surface area (Å²) in [5.74, 6) is -0.220. The third-order valence-corrected chi connectivity index (χ3v) is 7.06. The molecule has 0 bridgehead atoms. The van der Waals surface area contributed by atoms with E-state index in [1.165, 1.54) is 0 Å². The Hall–Kier alpha value is -1.89. The summed E-state index contributed by atoms with van der Waals surface area (Å²) in [6, 6.07) is 6.64. The molecule has 1 heterocycles. The third kappa shape index (κ3) is 4.26. The SMILES string of the molecule is CCN(C(=O)c1cccc(C(=O)NC2CCCC2)c1)C1CCS(=O)(=O)C1. The Balaban J connectivity index is 1.73. The van der Waals surface area contributed by atoms with Gasteiger partial charge >= 0.3 is 0 Å². The highest BCUT2D eigenvalue weighted by Gasteiger charge is 2.34. The van der Waals surface area contributed by atoms with Crippen molar-refractivity contribution in [1.29, 1.82) is 0 Å². The van der Waals surface area contributed by atoms with Crippen molar-refractivity contribution in [1.82, 2.24) is 10.2 Å². The molecule has 1 aliphatic carbocycles. The van der Waals surface area contributed by atoms with Crippen LogP contribution in [-0.2, 0) is 9.84 Å². The standard InChI is InChI=1S/C19H26N2O4S/c1-2-21(17-10-11-26(24,25)13-17)19(23)15-7-5-6-14(12-15)18(22)20-16-8-3-4-9-16/h5-7,12,16-17H,2-4,8-11,13H2,1H3,(H,20,22). The Bertz CT molecular complexity index is 784. The average Bonchev–Trinajstić information content (AvgIpc) is 3.25. The Kier molecular flexibility index (Phi) is 5.65. The first-order valence-electron chi connectivity index (χ1n) is 9.32. The van der Waals surface area contributed by atoms with Gasteiger partial charge in [-0.25, -0.2) is 8.42 Å². The highest BCUT2D eigenvalue weighted by Crippen LogP contribution is 2.21. The molecule has 142 valence electrons. The summed E-state index contributed by atoms with van der Waals surface area (Å²) in [5.41, 5.74) is 0.896. The van der Waals surface area contributed by atoms with Gasteiger partial charge in [0.1, 0.15) is 0 Å².